The first-order chi connectivity index (χ1) is 4.05. The van der Waals surface area contributed by atoms with Crippen molar-refractivity contribution in [3.05, 3.63) is 0 Å². The van der Waals surface area contributed by atoms with Crippen molar-refractivity contribution in [3.8, 4) is 0 Å². The van der Waals surface area contributed by atoms with Crippen molar-refractivity contribution in [2.45, 2.75) is 19.3 Å². The van der Waals surface area contributed by atoms with E-state index in [4.69, 9.17) is 0 Å². The second-order valence-electron chi connectivity index (χ2n) is 2.71. The van der Waals surface area contributed by atoms with Gasteiger partial charge in [0.25, 0.3) is 0 Å². The van der Waals surface area contributed by atoms with E-state index >= 15 is 0 Å². The maximum Gasteiger partial charge on any atom is 0.248 e. The highest BCUT2D eigenvalue weighted by molar-refractivity contribution is 9.09. The molecule has 54 valence electrons. The summed E-state index contributed by atoms with van der Waals surface area (Å²) >= 11 is 3.18. The van der Waals surface area contributed by atoms with E-state index in [0.717, 1.165) is 12.3 Å². The molecule has 0 amide bonds. The van der Waals surface area contributed by atoms with Crippen molar-refractivity contribution < 1.29 is 8.78 Å². The minimum Gasteiger partial charge on any atom is -0.207 e. The summed E-state index contributed by atoms with van der Waals surface area (Å²) in [7, 11) is 0. The zero-order valence-electron chi connectivity index (χ0n) is 5.20. The van der Waals surface area contributed by atoms with Gasteiger partial charge in [0.1, 0.15) is 0 Å². The van der Waals surface area contributed by atoms with Gasteiger partial charge in [-0.15, -0.1) is 0 Å². The van der Waals surface area contributed by atoms with Crippen LogP contribution >= 0.6 is 15.9 Å². The molecule has 3 heteroatoms. The Bertz CT molecular complexity index is 108. The van der Waals surface area contributed by atoms with Crippen LogP contribution in [0.5, 0.6) is 0 Å². The molecule has 0 aromatic heterocycles. The highest BCUT2D eigenvalue weighted by atomic mass is 79.9. The van der Waals surface area contributed by atoms with Gasteiger partial charge in [-0.2, -0.15) is 0 Å². The monoisotopic (exact) mass is 198 g/mol. The third-order valence-corrected chi connectivity index (χ3v) is 2.60. The molecule has 1 rings (SSSR count). The van der Waals surface area contributed by atoms with Crippen molar-refractivity contribution in [3.63, 3.8) is 0 Å². The molecule has 1 aliphatic rings. The van der Waals surface area contributed by atoms with Crippen LogP contribution < -0.4 is 0 Å². The summed E-state index contributed by atoms with van der Waals surface area (Å²) in [4.78, 5) is 0. The molecule has 2 atom stereocenters. The van der Waals surface area contributed by atoms with Crippen LogP contribution in [0.25, 0.3) is 0 Å². The lowest BCUT2D eigenvalue weighted by Gasteiger charge is -2.07. The largest absolute Gasteiger partial charge is 0.248 e. The summed E-state index contributed by atoms with van der Waals surface area (Å²) in [6.45, 7) is 1.00. The smallest absolute Gasteiger partial charge is 0.207 e. The number of hydrogen-bond acceptors (Lipinski definition) is 0. The summed E-state index contributed by atoms with van der Waals surface area (Å²) in [5.41, 5.74) is 0. The minimum atomic E-state index is -2.45. The maximum atomic E-state index is 12.3. The molecule has 0 heterocycles. The van der Waals surface area contributed by atoms with E-state index in [1.165, 1.54) is 0 Å². The Morgan fingerprint density at radius 1 is 1.67 bits per heavy atom. The van der Waals surface area contributed by atoms with Gasteiger partial charge < -0.3 is 0 Å². The predicted octanol–water partition coefficient (Wildman–Crippen LogP) is 2.67. The van der Waals surface area contributed by atoms with Crippen LogP contribution in [0.2, 0.25) is 0 Å². The van der Waals surface area contributed by atoms with Gasteiger partial charge in [-0.25, -0.2) is 8.78 Å². The minimum absolute atomic E-state index is 0.227. The third-order valence-electron chi connectivity index (χ3n) is 1.77. The molecule has 0 radical (unpaired) electrons. The maximum absolute atomic E-state index is 12.3. The van der Waals surface area contributed by atoms with Gasteiger partial charge in [0.05, 0.1) is 0 Å². The van der Waals surface area contributed by atoms with Crippen molar-refractivity contribution in [1.82, 2.24) is 0 Å². The van der Waals surface area contributed by atoms with Crippen molar-refractivity contribution in [2.75, 3.05) is 5.33 Å². The number of halogens is 3. The summed E-state index contributed by atoms with van der Waals surface area (Å²) in [6, 6.07) is 0. The van der Waals surface area contributed by atoms with Gasteiger partial charge in [0.15, 0.2) is 0 Å². The highest BCUT2D eigenvalue weighted by Crippen LogP contribution is 2.49. The fraction of sp³-hybridized carbons (Fsp3) is 1.00. The van der Waals surface area contributed by atoms with Crippen LogP contribution in [0.4, 0.5) is 8.78 Å². The van der Waals surface area contributed by atoms with Gasteiger partial charge >= 0.3 is 0 Å². The average molecular weight is 199 g/mol. The Morgan fingerprint density at radius 2 is 2.22 bits per heavy atom. The molecule has 1 aliphatic carbocycles. The fourth-order valence-corrected chi connectivity index (χ4v) is 1.75. The molecule has 0 saturated heterocycles. The van der Waals surface area contributed by atoms with Gasteiger partial charge in [-0.1, -0.05) is 15.9 Å². The summed E-state index contributed by atoms with van der Waals surface area (Å²) in [5, 5.41) is 0.723. The summed E-state index contributed by atoms with van der Waals surface area (Å²) < 4.78 is 24.6. The molecule has 0 aliphatic heterocycles. The SMILES string of the molecule is CC(F)(F)C1CC1CBr. The molecule has 1 saturated carbocycles. The summed E-state index contributed by atoms with van der Waals surface area (Å²) in [5.74, 6) is -2.57. The molecule has 0 aromatic carbocycles. The van der Waals surface area contributed by atoms with Crippen LogP contribution in [-0.4, -0.2) is 11.3 Å². The number of alkyl halides is 3. The second kappa shape index (κ2) is 2.19. The second-order valence-corrected chi connectivity index (χ2v) is 3.36. The molecule has 2 unspecified atom stereocenters. The highest BCUT2D eigenvalue weighted by Gasteiger charge is 2.50. The lowest BCUT2D eigenvalue weighted by Crippen LogP contribution is -2.14. The standard InChI is InChI=1S/C6H9BrF2/c1-6(8,9)5-2-4(5)3-7/h4-5H,2-3H2,1H3. The molecule has 0 spiro atoms. The van der Waals surface area contributed by atoms with Gasteiger partial charge in [0, 0.05) is 11.2 Å². The zero-order chi connectivity index (χ0) is 7.07. The Labute approximate surface area is 61.8 Å². The van der Waals surface area contributed by atoms with E-state index < -0.39 is 5.92 Å². The number of rotatable bonds is 2. The topological polar surface area (TPSA) is 0 Å². The van der Waals surface area contributed by atoms with Crippen molar-refractivity contribution >= 4 is 15.9 Å². The van der Waals surface area contributed by atoms with Gasteiger partial charge in [-0.05, 0) is 19.3 Å². The first-order valence-corrected chi connectivity index (χ1v) is 4.11. The van der Waals surface area contributed by atoms with E-state index in [0.29, 0.717) is 6.42 Å². The van der Waals surface area contributed by atoms with Gasteiger partial charge in [-0.3, -0.25) is 0 Å². The molecule has 0 N–H and O–H groups in total. The Hall–Kier alpha value is 0.340. The van der Waals surface area contributed by atoms with Crippen LogP contribution in [0.15, 0.2) is 0 Å². The molecule has 0 bridgehead atoms. The molecule has 1 fully saturated rings. The first kappa shape index (κ1) is 7.45. The van der Waals surface area contributed by atoms with Crippen molar-refractivity contribution in [1.29, 1.82) is 0 Å². The van der Waals surface area contributed by atoms with E-state index in [1.54, 1.807) is 0 Å². The molecular weight excluding hydrogens is 190 g/mol. The molecule has 9 heavy (non-hydrogen) atoms. The third kappa shape index (κ3) is 1.63. The quantitative estimate of drug-likeness (QED) is 0.599. The molecular formula is C6H9BrF2. The summed E-state index contributed by atoms with van der Waals surface area (Å²) in [6.07, 6.45) is 0.689. The van der Waals surface area contributed by atoms with Crippen LogP contribution in [0.3, 0.4) is 0 Å². The Morgan fingerprint density at radius 3 is 2.33 bits per heavy atom. The fourth-order valence-electron chi connectivity index (χ4n) is 1.04. The molecule has 0 nitrogen and oxygen atoms in total. The zero-order valence-corrected chi connectivity index (χ0v) is 6.79. The average Bonchev–Trinajstić information content (AvgIpc) is 2.39. The van der Waals surface area contributed by atoms with E-state index in [2.05, 4.69) is 15.9 Å². The number of hydrogen-bond donors (Lipinski definition) is 0. The van der Waals surface area contributed by atoms with E-state index in [-0.39, 0.29) is 11.8 Å². The van der Waals surface area contributed by atoms with Crippen LogP contribution in [-0.2, 0) is 0 Å². The van der Waals surface area contributed by atoms with Crippen molar-refractivity contribution in [2.24, 2.45) is 11.8 Å². The van der Waals surface area contributed by atoms with Crippen LogP contribution in [0, 0.1) is 11.8 Å². The first-order valence-electron chi connectivity index (χ1n) is 2.99. The van der Waals surface area contributed by atoms with Gasteiger partial charge in [0.2, 0.25) is 5.92 Å². The molecule has 0 aromatic rings. The van der Waals surface area contributed by atoms with E-state index in [1.807, 2.05) is 0 Å². The van der Waals surface area contributed by atoms with E-state index in [9.17, 15) is 8.78 Å². The lowest BCUT2D eigenvalue weighted by molar-refractivity contribution is -0.00620. The Kier molecular flexibility index (Phi) is 1.81. The van der Waals surface area contributed by atoms with Crippen LogP contribution in [0.1, 0.15) is 13.3 Å². The predicted molar refractivity (Wildman–Crippen MR) is 36.0 cm³/mol. The Balaban J connectivity index is 2.33. The normalized spacial score (nSPS) is 34.7. The lowest BCUT2D eigenvalue weighted by atomic mass is 10.2.